The quantitative estimate of drug-likeness (QED) is 0.521. The van der Waals surface area contributed by atoms with Gasteiger partial charge in [0.2, 0.25) is 0 Å². The molecule has 0 radical (unpaired) electrons. The highest BCUT2D eigenvalue weighted by atomic mass is 32.9. The van der Waals surface area contributed by atoms with Crippen molar-refractivity contribution in [2.45, 2.75) is 40.2 Å². The molecule has 0 saturated heterocycles. The van der Waals surface area contributed by atoms with Crippen LogP contribution in [0.5, 0.6) is 5.75 Å². The number of nitrogens with one attached hydrogen (secondary N) is 1. The molecule has 2 heterocycles. The zero-order valence-corrected chi connectivity index (χ0v) is 18.0. The van der Waals surface area contributed by atoms with E-state index in [4.69, 9.17) is 9.73 Å². The second-order valence-corrected chi connectivity index (χ2v) is 9.57. The molecule has 27 heavy (non-hydrogen) atoms. The SMILES string of the molecule is CCOc1ccc2c(c1)-c1c(ssc1=Nc1ccc(C)c(C)c1)C(C)(C)N2. The van der Waals surface area contributed by atoms with Crippen molar-refractivity contribution in [1.29, 1.82) is 0 Å². The Balaban J connectivity index is 1.93. The molecular formula is C22H24N2OS2. The monoisotopic (exact) mass is 396 g/mol. The third-order valence-corrected chi connectivity index (χ3v) is 7.59. The van der Waals surface area contributed by atoms with Crippen LogP contribution in [-0.4, -0.2) is 6.61 Å². The maximum Gasteiger partial charge on any atom is 0.135 e. The van der Waals surface area contributed by atoms with Crippen LogP contribution in [0.2, 0.25) is 0 Å². The summed E-state index contributed by atoms with van der Waals surface area (Å²) in [7, 11) is 3.56. The first-order chi connectivity index (χ1) is 12.9. The van der Waals surface area contributed by atoms with Crippen LogP contribution in [0.3, 0.4) is 0 Å². The van der Waals surface area contributed by atoms with Crippen LogP contribution in [0.25, 0.3) is 11.1 Å². The zero-order valence-electron chi connectivity index (χ0n) is 16.3. The largest absolute Gasteiger partial charge is 0.494 e. The minimum Gasteiger partial charge on any atom is -0.494 e. The summed E-state index contributed by atoms with van der Waals surface area (Å²) in [6.45, 7) is 11.4. The van der Waals surface area contributed by atoms with Crippen molar-refractivity contribution >= 4 is 32.1 Å². The van der Waals surface area contributed by atoms with Gasteiger partial charge in [-0.25, -0.2) is 4.99 Å². The molecule has 1 aromatic heterocycles. The molecule has 0 amide bonds. The van der Waals surface area contributed by atoms with E-state index in [1.807, 2.05) is 23.3 Å². The van der Waals surface area contributed by atoms with Crippen molar-refractivity contribution in [3.8, 4) is 16.9 Å². The van der Waals surface area contributed by atoms with Crippen LogP contribution in [0.15, 0.2) is 41.4 Å². The molecule has 0 aliphatic carbocycles. The van der Waals surface area contributed by atoms with Crippen LogP contribution in [0.4, 0.5) is 11.4 Å². The van der Waals surface area contributed by atoms with Gasteiger partial charge in [-0.2, -0.15) is 0 Å². The summed E-state index contributed by atoms with van der Waals surface area (Å²) in [6.07, 6.45) is 0. The van der Waals surface area contributed by atoms with E-state index in [2.05, 4.69) is 63.3 Å². The zero-order chi connectivity index (χ0) is 19.2. The van der Waals surface area contributed by atoms with Crippen molar-refractivity contribution in [2.24, 2.45) is 4.99 Å². The Morgan fingerprint density at radius 3 is 2.59 bits per heavy atom. The molecule has 4 rings (SSSR count). The lowest BCUT2D eigenvalue weighted by atomic mass is 9.90. The summed E-state index contributed by atoms with van der Waals surface area (Å²) in [5.74, 6) is 0.900. The number of hydrogen-bond donors (Lipinski definition) is 1. The van der Waals surface area contributed by atoms with Gasteiger partial charge in [0, 0.05) is 16.8 Å². The molecule has 0 saturated carbocycles. The molecule has 1 N–H and O–H groups in total. The fourth-order valence-electron chi connectivity index (χ4n) is 3.39. The van der Waals surface area contributed by atoms with Crippen molar-refractivity contribution < 1.29 is 4.74 Å². The topological polar surface area (TPSA) is 33.6 Å². The van der Waals surface area contributed by atoms with E-state index in [1.54, 1.807) is 10.3 Å². The molecule has 1 aliphatic heterocycles. The maximum absolute atomic E-state index is 5.75. The molecule has 3 nitrogen and oxygen atoms in total. The molecule has 0 fully saturated rings. The average molecular weight is 397 g/mol. The van der Waals surface area contributed by atoms with E-state index in [1.165, 1.54) is 27.1 Å². The lowest BCUT2D eigenvalue weighted by molar-refractivity contribution is 0.340. The van der Waals surface area contributed by atoms with Gasteiger partial charge < -0.3 is 10.1 Å². The molecule has 1 aliphatic rings. The van der Waals surface area contributed by atoms with Gasteiger partial charge in [0.1, 0.15) is 10.4 Å². The van der Waals surface area contributed by atoms with Gasteiger partial charge in [-0.1, -0.05) is 26.7 Å². The summed E-state index contributed by atoms with van der Waals surface area (Å²) >= 11 is 0. The Morgan fingerprint density at radius 2 is 1.85 bits per heavy atom. The number of anilines is 1. The second-order valence-electron chi connectivity index (χ2n) is 7.45. The van der Waals surface area contributed by atoms with Crippen LogP contribution in [-0.2, 0) is 5.54 Å². The molecule has 3 aromatic rings. The molecule has 2 aromatic carbocycles. The molecular weight excluding hydrogens is 372 g/mol. The number of rotatable bonds is 3. The number of benzene rings is 2. The number of nitrogens with zero attached hydrogens (tertiary/aromatic N) is 1. The number of ether oxygens (including phenoxy) is 1. The Hall–Kier alpha value is -2.11. The first kappa shape index (κ1) is 18.3. The number of hydrogen-bond acceptors (Lipinski definition) is 5. The fraction of sp³-hybridized carbons (Fsp3) is 0.318. The van der Waals surface area contributed by atoms with Crippen LogP contribution in [0, 0.1) is 13.8 Å². The van der Waals surface area contributed by atoms with Crippen molar-refractivity contribution in [2.75, 3.05) is 11.9 Å². The normalized spacial score (nSPS) is 15.1. The van der Waals surface area contributed by atoms with Crippen LogP contribution in [0.1, 0.15) is 36.8 Å². The summed E-state index contributed by atoms with van der Waals surface area (Å²) < 4.78 is 6.82. The molecule has 5 heteroatoms. The predicted octanol–water partition coefficient (Wildman–Crippen LogP) is 6.39. The molecule has 0 unspecified atom stereocenters. The average Bonchev–Trinajstić information content (AvgIpc) is 3.04. The summed E-state index contributed by atoms with van der Waals surface area (Å²) in [4.78, 5) is 6.35. The smallest absolute Gasteiger partial charge is 0.135 e. The Kier molecular flexibility index (Phi) is 4.60. The highest BCUT2D eigenvalue weighted by Gasteiger charge is 2.33. The highest BCUT2D eigenvalue weighted by Crippen LogP contribution is 2.46. The van der Waals surface area contributed by atoms with E-state index in [0.717, 1.165) is 21.8 Å². The molecule has 0 atom stereocenters. The van der Waals surface area contributed by atoms with Crippen molar-refractivity contribution in [3.05, 3.63) is 57.1 Å². The Bertz CT molecular complexity index is 1080. The lowest BCUT2D eigenvalue weighted by Crippen LogP contribution is -2.31. The van der Waals surface area contributed by atoms with Gasteiger partial charge in [-0.05, 0) is 76.1 Å². The van der Waals surface area contributed by atoms with Gasteiger partial charge in [-0.15, -0.1) is 0 Å². The van der Waals surface area contributed by atoms with E-state index >= 15 is 0 Å². The van der Waals surface area contributed by atoms with E-state index in [9.17, 15) is 0 Å². The van der Waals surface area contributed by atoms with Gasteiger partial charge in [0.25, 0.3) is 0 Å². The Labute approximate surface area is 167 Å². The third kappa shape index (κ3) is 3.30. The van der Waals surface area contributed by atoms with Gasteiger partial charge in [0.15, 0.2) is 0 Å². The van der Waals surface area contributed by atoms with Crippen molar-refractivity contribution in [1.82, 2.24) is 0 Å². The summed E-state index contributed by atoms with van der Waals surface area (Å²) in [5, 5.41) is 3.68. The Morgan fingerprint density at radius 1 is 1.04 bits per heavy atom. The van der Waals surface area contributed by atoms with E-state index in [-0.39, 0.29) is 5.54 Å². The van der Waals surface area contributed by atoms with Gasteiger partial charge >= 0.3 is 0 Å². The minimum atomic E-state index is -0.117. The van der Waals surface area contributed by atoms with E-state index in [0.29, 0.717) is 6.61 Å². The first-order valence-electron chi connectivity index (χ1n) is 9.20. The molecule has 140 valence electrons. The molecule has 0 spiro atoms. The van der Waals surface area contributed by atoms with Gasteiger partial charge in [-0.3, -0.25) is 0 Å². The third-order valence-electron chi connectivity index (χ3n) is 4.95. The van der Waals surface area contributed by atoms with E-state index < -0.39 is 0 Å². The predicted molar refractivity (Wildman–Crippen MR) is 117 cm³/mol. The van der Waals surface area contributed by atoms with Gasteiger partial charge in [0.05, 0.1) is 22.7 Å². The standard InChI is InChI=1S/C22H24N2OS2/c1-6-25-16-9-10-18-17(12-16)19-20(22(4,5)24-18)26-27-21(19)23-15-8-7-13(2)14(3)11-15/h7-12,24H,6H2,1-5H3. The summed E-state index contributed by atoms with van der Waals surface area (Å²) in [6, 6.07) is 12.7. The second kappa shape index (κ2) is 6.80. The first-order valence-corrected chi connectivity index (χ1v) is 11.3. The number of aryl methyl sites for hydroxylation is 2. The maximum atomic E-state index is 5.75. The molecule has 0 bridgehead atoms. The van der Waals surface area contributed by atoms with Crippen LogP contribution < -0.4 is 14.7 Å². The highest BCUT2D eigenvalue weighted by molar-refractivity contribution is 7.68. The van der Waals surface area contributed by atoms with Crippen molar-refractivity contribution in [3.63, 3.8) is 0 Å². The lowest BCUT2D eigenvalue weighted by Gasteiger charge is -2.33. The van der Waals surface area contributed by atoms with Crippen LogP contribution >= 0.6 is 20.7 Å². The summed E-state index contributed by atoms with van der Waals surface area (Å²) in [5.41, 5.74) is 7.01. The number of fused-ring (bicyclic) bond motifs is 3. The minimum absolute atomic E-state index is 0.117. The fourth-order valence-corrected chi connectivity index (χ4v) is 6.33.